The second kappa shape index (κ2) is 7.58. The number of imidazole rings is 1. The average molecular weight is 391 g/mol. The van der Waals surface area contributed by atoms with Gasteiger partial charge in [0.1, 0.15) is 11.3 Å². The number of aliphatic imine (C=N–C) groups is 1. The Morgan fingerprint density at radius 1 is 1.28 bits per heavy atom. The van der Waals surface area contributed by atoms with Gasteiger partial charge in [-0.05, 0) is 30.9 Å². The summed E-state index contributed by atoms with van der Waals surface area (Å²) >= 11 is 0. The molecule has 4 N–H and O–H groups in total. The molecule has 29 heavy (non-hydrogen) atoms. The van der Waals surface area contributed by atoms with E-state index in [1.165, 1.54) is 0 Å². The van der Waals surface area contributed by atoms with Gasteiger partial charge in [0.25, 0.3) is 0 Å². The zero-order chi connectivity index (χ0) is 19.1. The van der Waals surface area contributed by atoms with E-state index < -0.39 is 0 Å². The molecule has 2 aliphatic heterocycles. The van der Waals surface area contributed by atoms with Gasteiger partial charge < -0.3 is 15.9 Å². The highest BCUT2D eigenvalue weighted by atomic mass is 16.5. The Kier molecular flexibility index (Phi) is 4.96. The van der Waals surface area contributed by atoms with Gasteiger partial charge in [-0.25, -0.2) is 19.6 Å². The minimum atomic E-state index is -0.225. The van der Waals surface area contributed by atoms with Crippen molar-refractivity contribution in [2.75, 3.05) is 13.2 Å². The van der Waals surface area contributed by atoms with E-state index in [2.05, 4.69) is 19.8 Å². The number of nitrogens with one attached hydrogen (secondary N) is 1. The molecule has 2 unspecified atom stereocenters. The molecule has 0 bridgehead atoms. The van der Waals surface area contributed by atoms with Gasteiger partial charge in [-0.2, -0.15) is 0 Å². The average Bonchev–Trinajstić information content (AvgIpc) is 3.16. The molecule has 4 heterocycles. The van der Waals surface area contributed by atoms with Crippen molar-refractivity contribution in [3.8, 4) is 0 Å². The summed E-state index contributed by atoms with van der Waals surface area (Å²) < 4.78 is 7.29. The van der Waals surface area contributed by atoms with E-state index in [0.29, 0.717) is 29.3 Å². The summed E-state index contributed by atoms with van der Waals surface area (Å²) in [6.07, 6.45) is 6.05. The van der Waals surface area contributed by atoms with E-state index in [9.17, 15) is 4.79 Å². The van der Waals surface area contributed by atoms with Crippen molar-refractivity contribution in [1.82, 2.24) is 25.7 Å². The molecule has 2 aliphatic rings. The van der Waals surface area contributed by atoms with E-state index in [4.69, 9.17) is 16.3 Å². The molecule has 148 valence electrons. The lowest BCUT2D eigenvalue weighted by Gasteiger charge is -2.15. The first-order chi connectivity index (χ1) is 13.7. The van der Waals surface area contributed by atoms with Gasteiger partial charge in [-0.3, -0.25) is 9.56 Å². The predicted molar refractivity (Wildman–Crippen MR) is 110 cm³/mol. The standard InChI is InChI=1S/C20H18N6O2.H3N/c1-21-12-4-5-16-14(9-12)15(10-22-16)18-23-11-17-19(25-18)26(20(27)24-17)13-3-2-7-28-8-6-13;/h4-5,9-11,13,15H,2-3,6-8H2,(H,24,27);1H3. The minimum Gasteiger partial charge on any atom is -0.381 e. The SMILES string of the molecule is N.[C-]#[N+]c1ccc2c(c1)C(c1ncc3[nH]c(=O)n(C4CCCOCC4)c3n1)C=N2. The third kappa shape index (κ3) is 3.22. The second-order valence-corrected chi connectivity index (χ2v) is 7.07. The monoisotopic (exact) mass is 391 g/mol. The van der Waals surface area contributed by atoms with Crippen molar-refractivity contribution >= 4 is 28.8 Å². The molecule has 2 aromatic heterocycles. The van der Waals surface area contributed by atoms with E-state index >= 15 is 0 Å². The first kappa shape index (κ1) is 19.0. The summed E-state index contributed by atoms with van der Waals surface area (Å²) in [6.45, 7) is 8.62. The zero-order valence-electron chi connectivity index (χ0n) is 15.8. The quantitative estimate of drug-likeness (QED) is 0.648. The molecule has 1 aromatic carbocycles. The molecule has 3 aromatic rings. The van der Waals surface area contributed by atoms with Crippen molar-refractivity contribution in [3.63, 3.8) is 0 Å². The maximum absolute atomic E-state index is 12.6. The lowest BCUT2D eigenvalue weighted by atomic mass is 9.99. The van der Waals surface area contributed by atoms with Crippen molar-refractivity contribution in [2.24, 2.45) is 4.99 Å². The van der Waals surface area contributed by atoms with Crippen LogP contribution in [-0.2, 0) is 4.74 Å². The molecule has 5 rings (SSSR count). The third-order valence-electron chi connectivity index (χ3n) is 5.38. The number of ether oxygens (including phenoxy) is 1. The van der Waals surface area contributed by atoms with Gasteiger partial charge in [0.05, 0.1) is 24.4 Å². The number of aromatic nitrogens is 4. The van der Waals surface area contributed by atoms with Crippen molar-refractivity contribution < 1.29 is 4.74 Å². The van der Waals surface area contributed by atoms with Crippen LogP contribution in [0.2, 0.25) is 0 Å². The number of fused-ring (bicyclic) bond motifs is 2. The summed E-state index contributed by atoms with van der Waals surface area (Å²) in [4.78, 5) is 32.6. The highest BCUT2D eigenvalue weighted by molar-refractivity contribution is 5.85. The number of aromatic amines is 1. The first-order valence-electron chi connectivity index (χ1n) is 9.35. The first-order valence-corrected chi connectivity index (χ1v) is 9.35. The number of benzene rings is 1. The van der Waals surface area contributed by atoms with Crippen molar-refractivity contribution in [1.29, 1.82) is 0 Å². The van der Waals surface area contributed by atoms with Crippen LogP contribution in [0.15, 0.2) is 34.2 Å². The smallest absolute Gasteiger partial charge is 0.327 e. The van der Waals surface area contributed by atoms with Gasteiger partial charge in [-0.15, -0.1) is 0 Å². The molecule has 1 fully saturated rings. The molecule has 1 saturated heterocycles. The van der Waals surface area contributed by atoms with Crippen LogP contribution in [0, 0.1) is 6.57 Å². The summed E-state index contributed by atoms with van der Waals surface area (Å²) in [5.74, 6) is 0.353. The lowest BCUT2D eigenvalue weighted by Crippen LogP contribution is -2.23. The van der Waals surface area contributed by atoms with E-state index in [-0.39, 0.29) is 23.8 Å². The number of hydrogen-bond donors (Lipinski definition) is 2. The molecular formula is C20H21N7O2. The Morgan fingerprint density at radius 2 is 2.17 bits per heavy atom. The molecular weight excluding hydrogens is 370 g/mol. The van der Waals surface area contributed by atoms with Gasteiger partial charge in [0.2, 0.25) is 0 Å². The summed E-state index contributed by atoms with van der Waals surface area (Å²) in [6, 6.07) is 5.49. The number of nitrogens with zero attached hydrogens (tertiary/aromatic N) is 5. The fourth-order valence-electron chi connectivity index (χ4n) is 3.98. The molecule has 0 saturated carbocycles. The Hall–Kier alpha value is -3.35. The molecule has 0 spiro atoms. The number of H-pyrrole nitrogens is 1. The van der Waals surface area contributed by atoms with Crippen LogP contribution >= 0.6 is 0 Å². The molecule has 9 heteroatoms. The number of hydrogen-bond acceptors (Lipinski definition) is 6. The van der Waals surface area contributed by atoms with Crippen LogP contribution < -0.4 is 11.8 Å². The van der Waals surface area contributed by atoms with Gasteiger partial charge >= 0.3 is 5.69 Å². The van der Waals surface area contributed by atoms with Crippen LogP contribution in [0.25, 0.3) is 16.0 Å². The highest BCUT2D eigenvalue weighted by Crippen LogP contribution is 2.37. The van der Waals surface area contributed by atoms with E-state index in [0.717, 1.165) is 37.1 Å². The van der Waals surface area contributed by atoms with Crippen molar-refractivity contribution in [2.45, 2.75) is 31.2 Å². The Balaban J connectivity index is 0.00000205. The third-order valence-corrected chi connectivity index (χ3v) is 5.38. The molecule has 0 radical (unpaired) electrons. The van der Waals surface area contributed by atoms with Gasteiger partial charge in [-0.1, -0.05) is 12.1 Å². The van der Waals surface area contributed by atoms with Gasteiger partial charge in [0.15, 0.2) is 11.3 Å². The van der Waals surface area contributed by atoms with Crippen LogP contribution in [0.3, 0.4) is 0 Å². The van der Waals surface area contributed by atoms with Crippen LogP contribution in [0.1, 0.15) is 42.6 Å². The summed E-state index contributed by atoms with van der Waals surface area (Å²) in [5, 5.41) is 0. The topological polar surface area (TPSA) is 125 Å². The predicted octanol–water partition coefficient (Wildman–Crippen LogP) is 3.42. The maximum atomic E-state index is 12.6. The van der Waals surface area contributed by atoms with Crippen LogP contribution in [0.4, 0.5) is 11.4 Å². The van der Waals surface area contributed by atoms with E-state index in [1.807, 2.05) is 12.1 Å². The molecule has 0 aliphatic carbocycles. The van der Waals surface area contributed by atoms with Gasteiger partial charge in [0, 0.05) is 25.5 Å². The fourth-order valence-corrected chi connectivity index (χ4v) is 3.98. The number of rotatable bonds is 2. The van der Waals surface area contributed by atoms with Crippen molar-refractivity contribution in [3.05, 3.63) is 57.7 Å². The van der Waals surface area contributed by atoms with E-state index in [1.54, 1.807) is 23.0 Å². The van der Waals surface area contributed by atoms with Crippen LogP contribution in [-0.4, -0.2) is 38.9 Å². The second-order valence-electron chi connectivity index (χ2n) is 7.07. The zero-order valence-corrected chi connectivity index (χ0v) is 15.8. The minimum absolute atomic E-state index is 0. The molecule has 0 amide bonds. The molecule has 9 nitrogen and oxygen atoms in total. The Morgan fingerprint density at radius 3 is 3.03 bits per heavy atom. The highest BCUT2D eigenvalue weighted by Gasteiger charge is 2.26. The fraction of sp³-hybridized carbons (Fsp3) is 0.350. The Labute approximate surface area is 166 Å². The molecule has 2 atom stereocenters. The summed E-state index contributed by atoms with van der Waals surface area (Å²) in [7, 11) is 0. The summed E-state index contributed by atoms with van der Waals surface area (Å²) in [5.41, 5.74) is 3.39. The Bertz CT molecular complexity index is 1180. The lowest BCUT2D eigenvalue weighted by molar-refractivity contribution is 0.142. The normalized spacial score (nSPS) is 20.7. The van der Waals surface area contributed by atoms with Crippen LogP contribution in [0.5, 0.6) is 0 Å². The largest absolute Gasteiger partial charge is 0.381 e. The maximum Gasteiger partial charge on any atom is 0.327 e.